The molecule has 1 aliphatic rings. The number of rotatable bonds is 9. The van der Waals surface area contributed by atoms with E-state index in [0.29, 0.717) is 11.4 Å². The molecule has 0 bridgehead atoms. The monoisotopic (exact) mass is 468 g/mol. The molecule has 1 aromatic carbocycles. The number of nitrogens with zero attached hydrogens (tertiary/aromatic N) is 2. The number of esters is 2. The number of methoxy groups -OCH3 is 2. The van der Waals surface area contributed by atoms with Crippen molar-refractivity contribution in [3.05, 3.63) is 23.8 Å². The molecule has 0 unspecified atom stereocenters. The highest BCUT2D eigenvalue weighted by Crippen LogP contribution is 2.56. The number of amides is 1. The van der Waals surface area contributed by atoms with Gasteiger partial charge in [-0.15, -0.1) is 0 Å². The minimum atomic E-state index is -4.28. The lowest BCUT2D eigenvalue weighted by molar-refractivity contribution is -0.149. The molecule has 1 aliphatic heterocycles. The summed E-state index contributed by atoms with van der Waals surface area (Å²) in [6, 6.07) is 3.49. The van der Waals surface area contributed by atoms with E-state index in [-0.39, 0.29) is 25.3 Å². The molecule has 0 saturated heterocycles. The molecule has 2 rings (SSSR count). The topological polar surface area (TPSA) is 121 Å². The van der Waals surface area contributed by atoms with E-state index in [4.69, 9.17) is 18.5 Å². The molecular formula is C21H29N2O8P. The van der Waals surface area contributed by atoms with Gasteiger partial charge in [0, 0.05) is 5.71 Å². The van der Waals surface area contributed by atoms with Gasteiger partial charge in [0.2, 0.25) is 5.91 Å². The summed E-state index contributed by atoms with van der Waals surface area (Å²) in [4.78, 5) is 44.9. The van der Waals surface area contributed by atoms with Crippen LogP contribution < -0.4 is 4.90 Å². The second kappa shape index (κ2) is 10.8. The molecule has 2 atom stereocenters. The van der Waals surface area contributed by atoms with E-state index in [0.717, 1.165) is 24.7 Å². The molecule has 1 heterocycles. The van der Waals surface area contributed by atoms with E-state index < -0.39 is 37.1 Å². The number of hydrogen-bond donors (Lipinski definition) is 0. The Bertz CT molecular complexity index is 951. The molecular weight excluding hydrogens is 439 g/mol. The van der Waals surface area contributed by atoms with Crippen molar-refractivity contribution >= 4 is 42.5 Å². The smallest absolute Gasteiger partial charge is 0.347 e. The lowest BCUT2D eigenvalue weighted by Gasteiger charge is -2.36. The summed E-state index contributed by atoms with van der Waals surface area (Å²) in [6.45, 7) is 6.50. The first kappa shape index (κ1) is 25.7. The van der Waals surface area contributed by atoms with Crippen LogP contribution in [-0.2, 0) is 37.5 Å². The number of carbonyl (C=O) groups is 3. The van der Waals surface area contributed by atoms with Gasteiger partial charge >= 0.3 is 19.5 Å². The van der Waals surface area contributed by atoms with Gasteiger partial charge in [-0.05, 0) is 45.4 Å². The van der Waals surface area contributed by atoms with E-state index in [1.165, 1.54) is 0 Å². The van der Waals surface area contributed by atoms with Gasteiger partial charge in [-0.2, -0.15) is 0 Å². The fourth-order valence-corrected chi connectivity index (χ4v) is 5.60. The molecule has 0 fully saturated rings. The van der Waals surface area contributed by atoms with Crippen molar-refractivity contribution in [2.24, 2.45) is 4.99 Å². The first-order valence-corrected chi connectivity index (χ1v) is 11.8. The van der Waals surface area contributed by atoms with Crippen molar-refractivity contribution in [3.8, 4) is 0 Å². The Kier molecular flexibility index (Phi) is 8.72. The first-order valence-electron chi connectivity index (χ1n) is 10.1. The number of ether oxygens (including phenoxy) is 2. The maximum absolute atomic E-state index is 13.7. The second-order valence-electron chi connectivity index (χ2n) is 7.09. The Balaban J connectivity index is 2.82. The molecule has 10 nitrogen and oxygen atoms in total. The largest absolute Gasteiger partial charge is 0.468 e. The Morgan fingerprint density at radius 2 is 1.69 bits per heavy atom. The third kappa shape index (κ3) is 5.26. The molecule has 176 valence electrons. The van der Waals surface area contributed by atoms with Crippen LogP contribution in [0.25, 0.3) is 0 Å². The van der Waals surface area contributed by atoms with Gasteiger partial charge in [-0.3, -0.25) is 24.0 Å². The van der Waals surface area contributed by atoms with Crippen molar-refractivity contribution in [1.82, 2.24) is 0 Å². The van der Waals surface area contributed by atoms with Crippen LogP contribution in [0.4, 0.5) is 11.4 Å². The van der Waals surface area contributed by atoms with Crippen molar-refractivity contribution in [2.75, 3.05) is 32.3 Å². The molecule has 1 aromatic rings. The summed E-state index contributed by atoms with van der Waals surface area (Å²) < 4.78 is 34.3. The van der Waals surface area contributed by atoms with E-state index in [9.17, 15) is 18.9 Å². The molecule has 1 amide bonds. The standard InChI is InChI=1S/C21H29N2O8P/c1-7-30-32(27,31-8-2)19(21(26)29-6)18(20(25)28-5)23-16-11-13(3)9-10-15(16)22-14(4)12-17(23)24/h9-11,18-19H,7-8,12H2,1-6H3/t18-,19+/m1/s1. The van der Waals surface area contributed by atoms with E-state index in [1.807, 2.05) is 0 Å². The molecule has 32 heavy (non-hydrogen) atoms. The molecule has 0 N–H and O–H groups in total. The van der Waals surface area contributed by atoms with Crippen LogP contribution in [0, 0.1) is 6.92 Å². The van der Waals surface area contributed by atoms with Gasteiger partial charge in [-0.1, -0.05) is 6.07 Å². The quantitative estimate of drug-likeness (QED) is 0.400. The zero-order valence-corrected chi connectivity index (χ0v) is 20.0. The summed E-state index contributed by atoms with van der Waals surface area (Å²) in [5.74, 6) is -2.53. The Morgan fingerprint density at radius 3 is 2.22 bits per heavy atom. The zero-order chi connectivity index (χ0) is 24.1. The van der Waals surface area contributed by atoms with Crippen LogP contribution in [0.2, 0.25) is 0 Å². The van der Waals surface area contributed by atoms with Crippen molar-refractivity contribution in [3.63, 3.8) is 0 Å². The van der Waals surface area contributed by atoms with Crippen molar-refractivity contribution < 1.29 is 37.5 Å². The number of anilines is 1. The molecule has 0 saturated carbocycles. The number of carbonyl (C=O) groups excluding carboxylic acids is 3. The van der Waals surface area contributed by atoms with Gasteiger partial charge < -0.3 is 18.5 Å². The second-order valence-corrected chi connectivity index (χ2v) is 9.24. The third-order valence-corrected chi connectivity index (χ3v) is 7.21. The molecule has 11 heteroatoms. The van der Waals surface area contributed by atoms with Crippen LogP contribution in [0.15, 0.2) is 23.2 Å². The van der Waals surface area contributed by atoms with E-state index >= 15 is 0 Å². The van der Waals surface area contributed by atoms with Crippen molar-refractivity contribution in [2.45, 2.75) is 45.8 Å². The number of aliphatic imine (C=N–C) groups is 1. The van der Waals surface area contributed by atoms with Crippen LogP contribution in [0.5, 0.6) is 0 Å². The van der Waals surface area contributed by atoms with Gasteiger partial charge in [0.15, 0.2) is 11.7 Å². The molecule has 0 aromatic heterocycles. The lowest BCUT2D eigenvalue weighted by atomic mass is 10.1. The highest BCUT2D eigenvalue weighted by molar-refractivity contribution is 7.55. The maximum Gasteiger partial charge on any atom is 0.347 e. The summed E-state index contributed by atoms with van der Waals surface area (Å²) >= 11 is 0. The molecule has 0 spiro atoms. The van der Waals surface area contributed by atoms with Crippen LogP contribution in [-0.4, -0.2) is 62.7 Å². The highest BCUT2D eigenvalue weighted by Gasteiger charge is 2.55. The number of benzene rings is 1. The zero-order valence-electron chi connectivity index (χ0n) is 19.1. The SMILES string of the molecule is CCOP(=O)(OCC)[C@H](C(=O)OC)[C@H](C(=O)OC)N1C(=O)CC(C)=Nc2ccc(C)cc21. The number of hydrogen-bond acceptors (Lipinski definition) is 9. The summed E-state index contributed by atoms with van der Waals surface area (Å²) in [5, 5.41) is 0. The minimum Gasteiger partial charge on any atom is -0.468 e. The van der Waals surface area contributed by atoms with Gasteiger partial charge in [-0.25, -0.2) is 4.79 Å². The lowest BCUT2D eigenvalue weighted by Crippen LogP contribution is -2.55. The highest BCUT2D eigenvalue weighted by atomic mass is 31.2. The van der Waals surface area contributed by atoms with Crippen molar-refractivity contribution in [1.29, 1.82) is 0 Å². The predicted molar refractivity (Wildman–Crippen MR) is 119 cm³/mol. The van der Waals surface area contributed by atoms with Gasteiger partial charge in [0.1, 0.15) is 0 Å². The van der Waals surface area contributed by atoms with Gasteiger partial charge in [0.05, 0.1) is 45.2 Å². The summed E-state index contributed by atoms with van der Waals surface area (Å²) in [6.07, 6.45) is -0.122. The normalized spacial score (nSPS) is 15.9. The van der Waals surface area contributed by atoms with Gasteiger partial charge in [0.25, 0.3) is 0 Å². The predicted octanol–water partition coefficient (Wildman–Crippen LogP) is 3.17. The third-order valence-electron chi connectivity index (χ3n) is 4.80. The Labute approximate surface area is 187 Å². The average Bonchev–Trinajstić information content (AvgIpc) is 2.85. The molecule has 0 radical (unpaired) electrons. The Morgan fingerprint density at radius 1 is 1.09 bits per heavy atom. The summed E-state index contributed by atoms with van der Waals surface area (Å²) in [5.41, 5.74) is 0.205. The fraction of sp³-hybridized carbons (Fsp3) is 0.524. The number of fused-ring (bicyclic) bond motifs is 1. The molecule has 0 aliphatic carbocycles. The summed E-state index contributed by atoms with van der Waals surface area (Å²) in [7, 11) is -2.09. The van der Waals surface area contributed by atoms with Crippen LogP contribution >= 0.6 is 7.60 Å². The maximum atomic E-state index is 13.7. The van der Waals surface area contributed by atoms with E-state index in [2.05, 4.69) is 4.99 Å². The Hall–Kier alpha value is -2.55. The van der Waals surface area contributed by atoms with Crippen LogP contribution in [0.1, 0.15) is 32.8 Å². The van der Waals surface area contributed by atoms with E-state index in [1.54, 1.807) is 45.9 Å². The van der Waals surface area contributed by atoms with Crippen LogP contribution in [0.3, 0.4) is 0 Å². The first-order chi connectivity index (χ1) is 15.1. The average molecular weight is 468 g/mol. The fourth-order valence-electron chi connectivity index (χ4n) is 3.52. The minimum absolute atomic E-state index is 0.0650. The number of aryl methyl sites for hydroxylation is 1.